The average molecular weight is 546 g/mol. The van der Waals surface area contributed by atoms with Crippen LogP contribution in [0.1, 0.15) is 16.2 Å². The van der Waals surface area contributed by atoms with Crippen LogP contribution < -0.4 is 10.2 Å². The number of hydrogen-bond donors (Lipinski definition) is 1. The molecule has 1 fully saturated rings. The van der Waals surface area contributed by atoms with Gasteiger partial charge < -0.3 is 29.2 Å². The maximum atomic E-state index is 12.8. The maximum absolute atomic E-state index is 12.8. The molecule has 37 heavy (non-hydrogen) atoms. The van der Waals surface area contributed by atoms with Crippen LogP contribution in [-0.2, 0) is 20.7 Å². The lowest BCUT2D eigenvalue weighted by atomic mass is 10.2. The minimum atomic E-state index is -0.405. The molecule has 0 spiro atoms. The van der Waals surface area contributed by atoms with Crippen LogP contribution in [0.15, 0.2) is 52.5 Å². The highest BCUT2D eigenvalue weighted by Crippen LogP contribution is 2.21. The van der Waals surface area contributed by atoms with E-state index in [1.165, 1.54) is 29.6 Å². The van der Waals surface area contributed by atoms with Gasteiger partial charge in [0.05, 0.1) is 25.0 Å². The van der Waals surface area contributed by atoms with Crippen LogP contribution in [0.5, 0.6) is 0 Å². The number of carbonyl (C=O) groups is 3. The summed E-state index contributed by atoms with van der Waals surface area (Å²) in [7, 11) is 1.52. The first-order chi connectivity index (χ1) is 17.9. The van der Waals surface area contributed by atoms with Crippen LogP contribution in [0.2, 0.25) is 5.02 Å². The molecular formula is C25H28ClN5O5S. The van der Waals surface area contributed by atoms with E-state index in [1.807, 2.05) is 29.2 Å². The lowest BCUT2D eigenvalue weighted by molar-refractivity contribution is -0.130. The number of methoxy groups -OCH3 is 1. The molecule has 4 rings (SSSR count). The predicted octanol–water partition coefficient (Wildman–Crippen LogP) is 3.01. The maximum Gasteiger partial charge on any atom is 0.290 e. The molecule has 0 radical (unpaired) electrons. The number of hydrogen-bond acceptors (Lipinski definition) is 8. The number of anilines is 2. The molecule has 1 aromatic carbocycles. The van der Waals surface area contributed by atoms with Gasteiger partial charge in [-0.15, -0.1) is 11.3 Å². The number of benzene rings is 1. The smallest absolute Gasteiger partial charge is 0.290 e. The number of halogens is 1. The molecule has 1 aliphatic rings. The second kappa shape index (κ2) is 12.7. The molecule has 196 valence electrons. The Labute approximate surface area is 223 Å². The second-order valence-electron chi connectivity index (χ2n) is 8.41. The Morgan fingerprint density at radius 2 is 2.00 bits per heavy atom. The minimum absolute atomic E-state index is 0.0105. The molecule has 3 heterocycles. The van der Waals surface area contributed by atoms with Crippen molar-refractivity contribution in [2.24, 2.45) is 0 Å². The Morgan fingerprint density at radius 3 is 2.70 bits per heavy atom. The summed E-state index contributed by atoms with van der Waals surface area (Å²) >= 11 is 7.33. The molecule has 0 unspecified atom stereocenters. The van der Waals surface area contributed by atoms with Gasteiger partial charge in [0.2, 0.25) is 11.8 Å². The highest BCUT2D eigenvalue weighted by molar-refractivity contribution is 7.13. The molecule has 2 aromatic heterocycles. The molecule has 3 aromatic rings. The number of piperazine rings is 1. The highest BCUT2D eigenvalue weighted by atomic mass is 35.5. The summed E-state index contributed by atoms with van der Waals surface area (Å²) in [6.45, 7) is 2.98. The van der Waals surface area contributed by atoms with Crippen molar-refractivity contribution in [3.8, 4) is 0 Å². The van der Waals surface area contributed by atoms with Crippen molar-refractivity contribution in [3.05, 3.63) is 64.5 Å². The molecule has 0 aliphatic carbocycles. The fraction of sp³-hybridized carbons (Fsp3) is 0.360. The lowest BCUT2D eigenvalue weighted by Gasteiger charge is -2.36. The Kier molecular flexibility index (Phi) is 9.15. The summed E-state index contributed by atoms with van der Waals surface area (Å²) in [4.78, 5) is 47.8. The van der Waals surface area contributed by atoms with Gasteiger partial charge in [-0.05, 0) is 30.3 Å². The SMILES string of the molecule is COCCN(CC(=O)Nc1nc(CC(=O)N2CCN(c3cccc(Cl)c3)CC2)cs1)C(=O)c1ccco1. The normalized spacial score (nSPS) is 13.5. The van der Waals surface area contributed by atoms with E-state index in [0.717, 1.165) is 18.8 Å². The van der Waals surface area contributed by atoms with Crippen LogP contribution >= 0.6 is 22.9 Å². The van der Waals surface area contributed by atoms with Gasteiger partial charge >= 0.3 is 0 Å². The first kappa shape index (κ1) is 26.6. The molecule has 0 atom stereocenters. The van der Waals surface area contributed by atoms with Crippen molar-refractivity contribution in [1.29, 1.82) is 0 Å². The summed E-state index contributed by atoms with van der Waals surface area (Å²) in [6.07, 6.45) is 1.56. The summed E-state index contributed by atoms with van der Waals surface area (Å²) in [5, 5.41) is 5.53. The van der Waals surface area contributed by atoms with Gasteiger partial charge in [0.1, 0.15) is 6.54 Å². The lowest BCUT2D eigenvalue weighted by Crippen LogP contribution is -2.49. The quantitative estimate of drug-likeness (QED) is 0.417. The van der Waals surface area contributed by atoms with E-state index in [9.17, 15) is 14.4 Å². The fourth-order valence-corrected chi connectivity index (χ4v) is 4.85. The molecule has 1 saturated heterocycles. The van der Waals surface area contributed by atoms with Crippen LogP contribution in [-0.4, -0.2) is 85.5 Å². The van der Waals surface area contributed by atoms with E-state index in [4.69, 9.17) is 20.8 Å². The molecule has 0 bridgehead atoms. The van der Waals surface area contributed by atoms with Gasteiger partial charge in [0.25, 0.3) is 5.91 Å². The average Bonchev–Trinajstić information content (AvgIpc) is 3.59. The zero-order valence-electron chi connectivity index (χ0n) is 20.4. The topological polar surface area (TPSA) is 108 Å². The highest BCUT2D eigenvalue weighted by Gasteiger charge is 2.24. The molecule has 1 aliphatic heterocycles. The van der Waals surface area contributed by atoms with Crippen molar-refractivity contribution in [2.75, 3.05) is 63.2 Å². The van der Waals surface area contributed by atoms with Gasteiger partial charge in [-0.3, -0.25) is 14.4 Å². The third kappa shape index (κ3) is 7.31. The number of aromatic nitrogens is 1. The third-order valence-corrected chi connectivity index (χ3v) is 6.90. The van der Waals surface area contributed by atoms with Crippen molar-refractivity contribution in [1.82, 2.24) is 14.8 Å². The largest absolute Gasteiger partial charge is 0.459 e. The third-order valence-electron chi connectivity index (χ3n) is 5.86. The number of rotatable bonds is 10. The van der Waals surface area contributed by atoms with E-state index in [-0.39, 0.29) is 37.8 Å². The van der Waals surface area contributed by atoms with Crippen molar-refractivity contribution in [3.63, 3.8) is 0 Å². The summed E-state index contributed by atoms with van der Waals surface area (Å²) < 4.78 is 10.2. The zero-order valence-corrected chi connectivity index (χ0v) is 22.0. The van der Waals surface area contributed by atoms with Crippen LogP contribution in [0, 0.1) is 0 Å². The number of ether oxygens (including phenoxy) is 1. The Balaban J connectivity index is 1.26. The Hall–Kier alpha value is -3.41. The van der Waals surface area contributed by atoms with Crippen LogP contribution in [0.4, 0.5) is 10.8 Å². The van der Waals surface area contributed by atoms with Crippen LogP contribution in [0.3, 0.4) is 0 Å². The van der Waals surface area contributed by atoms with Gasteiger partial charge in [-0.25, -0.2) is 4.98 Å². The molecular weight excluding hydrogens is 518 g/mol. The zero-order chi connectivity index (χ0) is 26.2. The number of furan rings is 1. The number of carbonyl (C=O) groups excluding carboxylic acids is 3. The van der Waals surface area contributed by atoms with E-state index >= 15 is 0 Å². The Bertz CT molecular complexity index is 1210. The summed E-state index contributed by atoms with van der Waals surface area (Å²) in [5.74, 6) is -0.672. The van der Waals surface area contributed by atoms with Gasteiger partial charge in [0.15, 0.2) is 10.9 Å². The number of thiazole rings is 1. The molecule has 0 saturated carbocycles. The Morgan fingerprint density at radius 1 is 1.19 bits per heavy atom. The minimum Gasteiger partial charge on any atom is -0.459 e. The first-order valence-electron chi connectivity index (χ1n) is 11.8. The molecule has 3 amide bonds. The summed E-state index contributed by atoms with van der Waals surface area (Å²) in [5.41, 5.74) is 1.64. The van der Waals surface area contributed by atoms with Crippen molar-refractivity contribution < 1.29 is 23.5 Å². The van der Waals surface area contributed by atoms with E-state index in [0.29, 0.717) is 28.9 Å². The molecule has 10 nitrogen and oxygen atoms in total. The standard InChI is InChI=1S/C25H28ClN5O5S/c1-35-13-11-31(24(34)21-6-3-12-36-21)16-22(32)28-25-27-19(17-37-25)15-23(33)30-9-7-29(8-10-30)20-5-2-4-18(26)14-20/h2-6,12,14,17H,7-11,13,15-16H2,1H3,(H,27,28,32). The van der Waals surface area contributed by atoms with E-state index in [2.05, 4.69) is 15.2 Å². The molecule has 12 heteroatoms. The van der Waals surface area contributed by atoms with Gasteiger partial charge in [0, 0.05) is 55.9 Å². The predicted molar refractivity (Wildman–Crippen MR) is 141 cm³/mol. The van der Waals surface area contributed by atoms with Gasteiger partial charge in [-0.1, -0.05) is 17.7 Å². The fourth-order valence-electron chi connectivity index (χ4n) is 3.94. The number of nitrogens with zero attached hydrogens (tertiary/aromatic N) is 4. The number of amides is 3. The van der Waals surface area contributed by atoms with Crippen LogP contribution in [0.25, 0.3) is 0 Å². The monoisotopic (exact) mass is 545 g/mol. The van der Waals surface area contributed by atoms with Gasteiger partial charge in [-0.2, -0.15) is 0 Å². The summed E-state index contributed by atoms with van der Waals surface area (Å²) in [6, 6.07) is 10.8. The van der Waals surface area contributed by atoms with E-state index < -0.39 is 11.8 Å². The molecule has 1 N–H and O–H groups in total. The van der Waals surface area contributed by atoms with Crippen molar-refractivity contribution >= 4 is 51.5 Å². The van der Waals surface area contributed by atoms with Crippen molar-refractivity contribution in [2.45, 2.75) is 6.42 Å². The van der Waals surface area contributed by atoms with E-state index in [1.54, 1.807) is 17.5 Å². The first-order valence-corrected chi connectivity index (χ1v) is 13.0. The number of nitrogens with one attached hydrogen (secondary N) is 1. The second-order valence-corrected chi connectivity index (χ2v) is 9.71.